The van der Waals surface area contributed by atoms with Crippen LogP contribution >= 0.6 is 0 Å². The molecule has 2 heterocycles. The Bertz CT molecular complexity index is 702. The number of aromatic carboxylic acids is 1. The van der Waals surface area contributed by atoms with Crippen LogP contribution in [0.5, 0.6) is 0 Å². The number of aromatic nitrogens is 1. The smallest absolute Gasteiger partial charge is 0.352 e. The van der Waals surface area contributed by atoms with E-state index in [1.165, 1.54) is 0 Å². The molecule has 3 rings (SSSR count). The quantitative estimate of drug-likeness (QED) is 0.889. The molecule has 0 spiro atoms. The molecule has 0 amide bonds. The van der Waals surface area contributed by atoms with Gasteiger partial charge in [0.1, 0.15) is 5.69 Å². The largest absolute Gasteiger partial charge is 0.477 e. The van der Waals surface area contributed by atoms with E-state index in [0.717, 1.165) is 26.2 Å². The van der Waals surface area contributed by atoms with Gasteiger partial charge < -0.3 is 19.9 Å². The van der Waals surface area contributed by atoms with Gasteiger partial charge in [-0.25, -0.2) is 9.18 Å². The summed E-state index contributed by atoms with van der Waals surface area (Å²) in [6.07, 6.45) is 0. The molecule has 112 valence electrons. The number of hydrogen-bond acceptors (Lipinski definition) is 3. The number of nitrogens with zero attached hydrogens (tertiary/aromatic N) is 2. The molecule has 0 unspecified atom stereocenters. The second-order valence-electron chi connectivity index (χ2n) is 5.54. The maximum Gasteiger partial charge on any atom is 0.352 e. The van der Waals surface area contributed by atoms with Gasteiger partial charge in [0.25, 0.3) is 0 Å². The van der Waals surface area contributed by atoms with Crippen molar-refractivity contribution in [1.82, 2.24) is 9.88 Å². The molecule has 1 aromatic heterocycles. The van der Waals surface area contributed by atoms with E-state index in [9.17, 15) is 9.18 Å². The Balaban J connectivity index is 2.06. The molecule has 2 aromatic rings. The second-order valence-corrected chi connectivity index (χ2v) is 5.54. The van der Waals surface area contributed by atoms with E-state index in [1.807, 2.05) is 11.9 Å². The van der Waals surface area contributed by atoms with Crippen LogP contribution in [0.3, 0.4) is 0 Å². The van der Waals surface area contributed by atoms with Crippen molar-refractivity contribution in [1.29, 1.82) is 0 Å². The molecule has 21 heavy (non-hydrogen) atoms. The van der Waals surface area contributed by atoms with Gasteiger partial charge in [0.05, 0.1) is 11.2 Å². The number of aryl methyl sites for hydroxylation is 1. The van der Waals surface area contributed by atoms with Crippen LogP contribution in [-0.2, 0) is 0 Å². The van der Waals surface area contributed by atoms with E-state index < -0.39 is 5.97 Å². The minimum Gasteiger partial charge on any atom is -0.477 e. The first kappa shape index (κ1) is 13.9. The zero-order chi connectivity index (χ0) is 15.1. The van der Waals surface area contributed by atoms with Gasteiger partial charge in [-0.05, 0) is 25.6 Å². The van der Waals surface area contributed by atoms with Gasteiger partial charge in [0, 0.05) is 31.6 Å². The predicted molar refractivity (Wildman–Crippen MR) is 79.7 cm³/mol. The molecule has 1 fully saturated rings. The van der Waals surface area contributed by atoms with Crippen molar-refractivity contribution in [2.45, 2.75) is 6.92 Å². The number of carbonyl (C=O) groups is 1. The fraction of sp³-hybridized carbons (Fsp3) is 0.400. The number of H-pyrrole nitrogens is 1. The van der Waals surface area contributed by atoms with Gasteiger partial charge in [-0.1, -0.05) is 6.07 Å². The number of nitrogens with one attached hydrogen (secondary N) is 1. The van der Waals surface area contributed by atoms with Crippen LogP contribution in [0.4, 0.5) is 10.1 Å². The lowest BCUT2D eigenvalue weighted by Crippen LogP contribution is -2.44. The first-order valence-corrected chi connectivity index (χ1v) is 6.96. The third-order valence-electron chi connectivity index (χ3n) is 4.21. The SMILES string of the molecule is Cc1c(C(=O)O)[nH]c2c(F)c(N3CCN(C)CC3)ccc12. The first-order valence-electron chi connectivity index (χ1n) is 6.96. The summed E-state index contributed by atoms with van der Waals surface area (Å²) in [5, 5.41) is 9.76. The average Bonchev–Trinajstić information content (AvgIpc) is 2.79. The maximum atomic E-state index is 14.7. The van der Waals surface area contributed by atoms with Gasteiger partial charge in [-0.3, -0.25) is 0 Å². The molecule has 1 aromatic carbocycles. The van der Waals surface area contributed by atoms with Crippen LogP contribution in [0.15, 0.2) is 12.1 Å². The predicted octanol–water partition coefficient (Wildman–Crippen LogP) is 2.07. The third kappa shape index (κ3) is 2.25. The van der Waals surface area contributed by atoms with E-state index >= 15 is 0 Å². The number of likely N-dealkylation sites (N-methyl/N-ethyl adjacent to an activating group) is 1. The summed E-state index contributed by atoms with van der Waals surface area (Å²) < 4.78 is 14.7. The van der Waals surface area contributed by atoms with Crippen molar-refractivity contribution in [2.24, 2.45) is 0 Å². The lowest BCUT2D eigenvalue weighted by molar-refractivity contribution is 0.0691. The highest BCUT2D eigenvalue weighted by molar-refractivity contribution is 5.98. The number of aromatic amines is 1. The Morgan fingerprint density at radius 1 is 1.29 bits per heavy atom. The Kier molecular flexibility index (Phi) is 3.33. The molecule has 6 heteroatoms. The Hall–Kier alpha value is -2.08. The second kappa shape index (κ2) is 5.04. The Morgan fingerprint density at radius 2 is 1.95 bits per heavy atom. The summed E-state index contributed by atoms with van der Waals surface area (Å²) in [7, 11) is 2.05. The van der Waals surface area contributed by atoms with Crippen molar-refractivity contribution < 1.29 is 14.3 Å². The lowest BCUT2D eigenvalue weighted by atomic mass is 10.1. The third-order valence-corrected chi connectivity index (χ3v) is 4.21. The fourth-order valence-electron chi connectivity index (χ4n) is 2.86. The van der Waals surface area contributed by atoms with Gasteiger partial charge in [-0.2, -0.15) is 0 Å². The van der Waals surface area contributed by atoms with Gasteiger partial charge in [-0.15, -0.1) is 0 Å². The van der Waals surface area contributed by atoms with Gasteiger partial charge in [0.2, 0.25) is 0 Å². The summed E-state index contributed by atoms with van der Waals surface area (Å²) in [5.41, 5.74) is 1.44. The summed E-state index contributed by atoms with van der Waals surface area (Å²) in [6, 6.07) is 3.54. The van der Waals surface area contributed by atoms with Crippen LogP contribution < -0.4 is 4.90 Å². The lowest BCUT2D eigenvalue weighted by Gasteiger charge is -2.34. The number of rotatable bonds is 2. The highest BCUT2D eigenvalue weighted by atomic mass is 19.1. The van der Waals surface area contributed by atoms with Crippen molar-refractivity contribution in [3.8, 4) is 0 Å². The molecular formula is C15H18FN3O2. The molecule has 1 saturated heterocycles. The maximum absolute atomic E-state index is 14.7. The minimum absolute atomic E-state index is 0.0550. The minimum atomic E-state index is -1.07. The van der Waals surface area contributed by atoms with E-state index in [0.29, 0.717) is 16.6 Å². The molecule has 0 atom stereocenters. The Morgan fingerprint density at radius 3 is 2.57 bits per heavy atom. The summed E-state index contributed by atoms with van der Waals surface area (Å²) >= 11 is 0. The molecule has 0 bridgehead atoms. The van der Waals surface area contributed by atoms with Crippen molar-refractivity contribution in [3.63, 3.8) is 0 Å². The van der Waals surface area contributed by atoms with Crippen LogP contribution in [0.1, 0.15) is 16.1 Å². The number of benzene rings is 1. The van der Waals surface area contributed by atoms with E-state index in [-0.39, 0.29) is 17.0 Å². The number of anilines is 1. The molecule has 0 saturated carbocycles. The van der Waals surface area contributed by atoms with E-state index in [1.54, 1.807) is 19.1 Å². The molecule has 0 aliphatic carbocycles. The van der Waals surface area contributed by atoms with E-state index in [4.69, 9.17) is 5.11 Å². The molecule has 5 nitrogen and oxygen atoms in total. The first-order chi connectivity index (χ1) is 9.99. The summed E-state index contributed by atoms with van der Waals surface area (Å²) in [6.45, 7) is 5.01. The molecular weight excluding hydrogens is 273 g/mol. The van der Waals surface area contributed by atoms with Crippen LogP contribution in [0, 0.1) is 12.7 Å². The topological polar surface area (TPSA) is 59.6 Å². The number of piperazine rings is 1. The zero-order valence-corrected chi connectivity index (χ0v) is 12.1. The molecule has 1 aliphatic rings. The number of halogens is 1. The van der Waals surface area contributed by atoms with Crippen LogP contribution in [0.2, 0.25) is 0 Å². The van der Waals surface area contributed by atoms with Crippen LogP contribution in [0.25, 0.3) is 10.9 Å². The van der Waals surface area contributed by atoms with Gasteiger partial charge in [0.15, 0.2) is 5.82 Å². The van der Waals surface area contributed by atoms with E-state index in [2.05, 4.69) is 9.88 Å². The standard InChI is InChI=1S/C15H18FN3O2/c1-9-10-3-4-11(19-7-5-18(2)6-8-19)12(16)14(10)17-13(9)15(20)21/h3-4,17H,5-8H2,1-2H3,(H,20,21). The number of carboxylic acid groups (broad SMARTS) is 1. The van der Waals surface area contributed by atoms with Crippen molar-refractivity contribution in [3.05, 3.63) is 29.2 Å². The number of hydrogen-bond donors (Lipinski definition) is 2. The summed E-state index contributed by atoms with van der Waals surface area (Å²) in [4.78, 5) is 18.1. The monoisotopic (exact) mass is 291 g/mol. The fourth-order valence-corrected chi connectivity index (χ4v) is 2.86. The summed E-state index contributed by atoms with van der Waals surface area (Å²) in [5.74, 6) is -1.43. The number of fused-ring (bicyclic) bond motifs is 1. The molecule has 0 radical (unpaired) electrons. The highest BCUT2D eigenvalue weighted by Gasteiger charge is 2.22. The Labute approximate surface area is 122 Å². The normalized spacial score (nSPS) is 16.6. The van der Waals surface area contributed by atoms with Crippen molar-refractivity contribution >= 4 is 22.6 Å². The average molecular weight is 291 g/mol. The van der Waals surface area contributed by atoms with Crippen molar-refractivity contribution in [2.75, 3.05) is 38.1 Å². The molecule has 1 aliphatic heterocycles. The van der Waals surface area contributed by atoms with Gasteiger partial charge >= 0.3 is 5.97 Å². The number of carboxylic acids is 1. The highest BCUT2D eigenvalue weighted by Crippen LogP contribution is 2.30. The zero-order valence-electron chi connectivity index (χ0n) is 12.1. The van der Waals surface area contributed by atoms with Crippen LogP contribution in [-0.4, -0.2) is 54.2 Å². The molecule has 2 N–H and O–H groups in total.